The van der Waals surface area contributed by atoms with Gasteiger partial charge in [-0.15, -0.1) is 0 Å². The molecule has 17 heavy (non-hydrogen) atoms. The van der Waals surface area contributed by atoms with E-state index in [9.17, 15) is 13.2 Å². The maximum atomic E-state index is 13.5. The molecule has 2 rings (SSSR count). The molecule has 0 aliphatic rings. The highest BCUT2D eigenvalue weighted by molar-refractivity contribution is 6.43. The molecule has 1 aromatic heterocycles. The Labute approximate surface area is 105 Å². The van der Waals surface area contributed by atoms with Crippen molar-refractivity contribution in [3.63, 3.8) is 0 Å². The van der Waals surface area contributed by atoms with Crippen LogP contribution in [0.2, 0.25) is 10.0 Å². The van der Waals surface area contributed by atoms with Crippen LogP contribution in [0.4, 0.5) is 13.2 Å². The third kappa shape index (κ3) is 2.23. The zero-order chi connectivity index (χ0) is 12.6. The second-order valence-electron chi connectivity index (χ2n) is 3.11. The van der Waals surface area contributed by atoms with Gasteiger partial charge in [0.25, 0.3) is 0 Å². The van der Waals surface area contributed by atoms with E-state index in [0.717, 1.165) is 0 Å². The SMILES string of the molecule is Fc1[c]c(F)c(-c2nccc(Cl)c2Cl)c(F)c1. The lowest BCUT2D eigenvalue weighted by molar-refractivity contribution is 0.544. The summed E-state index contributed by atoms with van der Waals surface area (Å²) in [6.07, 6.45) is 1.24. The first-order valence-corrected chi connectivity index (χ1v) is 5.13. The van der Waals surface area contributed by atoms with Crippen LogP contribution in [0, 0.1) is 23.5 Å². The first kappa shape index (κ1) is 12.2. The molecule has 1 nitrogen and oxygen atoms in total. The number of hydrogen-bond donors (Lipinski definition) is 0. The summed E-state index contributed by atoms with van der Waals surface area (Å²) in [5.74, 6) is -3.46. The van der Waals surface area contributed by atoms with Crippen molar-refractivity contribution in [2.75, 3.05) is 0 Å². The highest BCUT2D eigenvalue weighted by atomic mass is 35.5. The number of halogens is 5. The predicted octanol–water partition coefficient (Wildman–Crippen LogP) is 4.27. The van der Waals surface area contributed by atoms with E-state index in [1.165, 1.54) is 12.3 Å². The van der Waals surface area contributed by atoms with Crippen molar-refractivity contribution in [3.8, 4) is 11.3 Å². The number of pyridine rings is 1. The molecule has 0 bridgehead atoms. The number of aromatic nitrogens is 1. The summed E-state index contributed by atoms with van der Waals surface area (Å²) < 4.78 is 39.6. The minimum atomic E-state index is -1.21. The highest BCUT2D eigenvalue weighted by Crippen LogP contribution is 2.34. The molecule has 1 aromatic carbocycles. The largest absolute Gasteiger partial charge is 0.254 e. The zero-order valence-electron chi connectivity index (χ0n) is 8.07. The van der Waals surface area contributed by atoms with Crippen LogP contribution in [0.3, 0.4) is 0 Å². The molecule has 2 aromatic rings. The first-order chi connectivity index (χ1) is 8.00. The fraction of sp³-hybridized carbons (Fsp3) is 0. The molecule has 0 saturated carbocycles. The van der Waals surface area contributed by atoms with Gasteiger partial charge in [-0.2, -0.15) is 0 Å². The fourth-order valence-electron chi connectivity index (χ4n) is 1.30. The Kier molecular flexibility index (Phi) is 3.26. The van der Waals surface area contributed by atoms with Gasteiger partial charge in [-0.1, -0.05) is 23.2 Å². The molecular formula is C11H3Cl2F3N. The Morgan fingerprint density at radius 2 is 1.88 bits per heavy atom. The molecule has 0 atom stereocenters. The van der Waals surface area contributed by atoms with Crippen molar-refractivity contribution < 1.29 is 13.2 Å². The summed E-state index contributed by atoms with van der Waals surface area (Å²) in [6, 6.07) is 3.58. The molecular weight excluding hydrogens is 274 g/mol. The quantitative estimate of drug-likeness (QED) is 0.758. The average molecular weight is 277 g/mol. The molecule has 0 saturated heterocycles. The number of nitrogens with zero attached hydrogens (tertiary/aromatic N) is 1. The van der Waals surface area contributed by atoms with E-state index in [1.807, 2.05) is 0 Å². The van der Waals surface area contributed by atoms with Crippen LogP contribution in [0.1, 0.15) is 0 Å². The van der Waals surface area contributed by atoms with Gasteiger partial charge in [-0.25, -0.2) is 13.2 Å². The second kappa shape index (κ2) is 4.55. The normalized spacial score (nSPS) is 10.6. The predicted molar refractivity (Wildman–Crippen MR) is 58.4 cm³/mol. The monoisotopic (exact) mass is 276 g/mol. The molecule has 0 amide bonds. The minimum absolute atomic E-state index is 0.0970. The molecule has 0 N–H and O–H groups in total. The molecule has 0 unspecified atom stereocenters. The van der Waals surface area contributed by atoms with Gasteiger partial charge in [0.2, 0.25) is 0 Å². The number of hydrogen-bond acceptors (Lipinski definition) is 1. The Morgan fingerprint density at radius 3 is 2.53 bits per heavy atom. The van der Waals surface area contributed by atoms with Crippen LogP contribution in [0.5, 0.6) is 0 Å². The van der Waals surface area contributed by atoms with Crippen LogP contribution in [0.25, 0.3) is 11.3 Å². The van der Waals surface area contributed by atoms with Crippen LogP contribution < -0.4 is 0 Å². The smallest absolute Gasteiger partial charge is 0.146 e. The summed E-state index contributed by atoms with van der Waals surface area (Å²) in [7, 11) is 0. The average Bonchev–Trinajstić information content (AvgIpc) is 2.23. The maximum absolute atomic E-state index is 13.5. The van der Waals surface area contributed by atoms with Crippen molar-refractivity contribution >= 4 is 23.2 Å². The molecule has 1 heterocycles. The minimum Gasteiger partial charge on any atom is -0.254 e. The van der Waals surface area contributed by atoms with E-state index < -0.39 is 23.0 Å². The van der Waals surface area contributed by atoms with Gasteiger partial charge in [0.05, 0.1) is 27.4 Å². The third-order valence-corrected chi connectivity index (χ3v) is 2.81. The maximum Gasteiger partial charge on any atom is 0.146 e. The molecule has 0 aliphatic heterocycles. The Bertz CT molecular complexity index is 564. The summed E-state index contributed by atoms with van der Waals surface area (Å²) in [4.78, 5) is 3.72. The van der Waals surface area contributed by atoms with Gasteiger partial charge in [0.15, 0.2) is 0 Å². The van der Waals surface area contributed by atoms with E-state index in [-0.39, 0.29) is 15.7 Å². The molecule has 6 heteroatoms. The summed E-state index contributed by atoms with van der Waals surface area (Å²) >= 11 is 11.5. The Hall–Kier alpha value is -1.26. The highest BCUT2D eigenvalue weighted by Gasteiger charge is 2.18. The van der Waals surface area contributed by atoms with Crippen LogP contribution in [0.15, 0.2) is 18.3 Å². The Morgan fingerprint density at radius 1 is 1.18 bits per heavy atom. The van der Waals surface area contributed by atoms with Gasteiger partial charge in [0.1, 0.15) is 17.5 Å². The lowest BCUT2D eigenvalue weighted by atomic mass is 10.1. The van der Waals surface area contributed by atoms with Gasteiger partial charge in [-0.3, -0.25) is 4.98 Å². The summed E-state index contributed by atoms with van der Waals surface area (Å²) in [6.45, 7) is 0. The van der Waals surface area contributed by atoms with Crippen molar-refractivity contribution in [1.82, 2.24) is 4.98 Å². The standard InChI is InChI=1S/C11H3Cl2F3N/c12-6-1-2-17-11(10(6)13)9-7(15)3-5(14)4-8(9)16/h1-3H. The lowest BCUT2D eigenvalue weighted by Gasteiger charge is -2.07. The van der Waals surface area contributed by atoms with Crippen molar-refractivity contribution in [2.24, 2.45) is 0 Å². The number of rotatable bonds is 1. The molecule has 1 radical (unpaired) electrons. The molecule has 0 spiro atoms. The fourth-order valence-corrected chi connectivity index (χ4v) is 1.66. The van der Waals surface area contributed by atoms with Gasteiger partial charge < -0.3 is 0 Å². The molecule has 0 aliphatic carbocycles. The van der Waals surface area contributed by atoms with Crippen LogP contribution in [-0.4, -0.2) is 4.98 Å². The summed E-state index contributed by atoms with van der Waals surface area (Å²) in [5.41, 5.74) is -0.746. The van der Waals surface area contributed by atoms with Crippen LogP contribution in [-0.2, 0) is 0 Å². The van der Waals surface area contributed by atoms with E-state index in [2.05, 4.69) is 4.98 Å². The van der Waals surface area contributed by atoms with Crippen molar-refractivity contribution in [3.05, 3.63) is 51.9 Å². The zero-order valence-corrected chi connectivity index (χ0v) is 9.58. The van der Waals surface area contributed by atoms with E-state index in [1.54, 1.807) is 6.07 Å². The van der Waals surface area contributed by atoms with E-state index in [0.29, 0.717) is 6.07 Å². The van der Waals surface area contributed by atoms with E-state index >= 15 is 0 Å². The Balaban J connectivity index is 2.73. The molecule has 87 valence electrons. The van der Waals surface area contributed by atoms with Gasteiger partial charge in [0, 0.05) is 12.3 Å². The van der Waals surface area contributed by atoms with Gasteiger partial charge in [-0.05, 0) is 6.07 Å². The second-order valence-corrected chi connectivity index (χ2v) is 3.89. The summed E-state index contributed by atoms with van der Waals surface area (Å²) in [5, 5.41) is -0.00762. The van der Waals surface area contributed by atoms with Crippen molar-refractivity contribution in [1.29, 1.82) is 0 Å². The van der Waals surface area contributed by atoms with Gasteiger partial charge >= 0.3 is 0 Å². The number of benzene rings is 1. The third-order valence-electron chi connectivity index (χ3n) is 2.02. The van der Waals surface area contributed by atoms with Crippen molar-refractivity contribution in [2.45, 2.75) is 0 Å². The topological polar surface area (TPSA) is 12.9 Å². The molecule has 0 fully saturated rings. The lowest BCUT2D eigenvalue weighted by Crippen LogP contribution is -1.96. The van der Waals surface area contributed by atoms with Crippen LogP contribution >= 0.6 is 23.2 Å². The first-order valence-electron chi connectivity index (χ1n) is 4.38. The van der Waals surface area contributed by atoms with E-state index in [4.69, 9.17) is 23.2 Å².